The highest BCUT2D eigenvalue weighted by Crippen LogP contribution is 2.08. The van der Waals surface area contributed by atoms with Gasteiger partial charge in [0.05, 0.1) is 12.3 Å². The van der Waals surface area contributed by atoms with Crippen molar-refractivity contribution in [2.24, 2.45) is 0 Å². The fourth-order valence-electron chi connectivity index (χ4n) is 0.734. The fraction of sp³-hybridized carbons (Fsp3) is 0.286. The summed E-state index contributed by atoms with van der Waals surface area (Å²) in [6.45, 7) is 1.98. The zero-order valence-electron chi connectivity index (χ0n) is 5.63. The molecule has 10 heavy (non-hydrogen) atoms. The molecule has 0 saturated carbocycles. The average Bonchev–Trinajstić information content (AvgIpc) is 1.88. The molecule has 1 aromatic heterocycles. The van der Waals surface area contributed by atoms with Crippen molar-refractivity contribution >= 4 is 22.6 Å². The molecule has 1 rings (SSSR count). The Morgan fingerprint density at radius 3 is 2.90 bits per heavy atom. The van der Waals surface area contributed by atoms with E-state index >= 15 is 0 Å². The maximum Gasteiger partial charge on any atom is 0.0855 e. The highest BCUT2D eigenvalue weighted by molar-refractivity contribution is 14.1. The molecule has 1 N–H and O–H groups in total. The topological polar surface area (TPSA) is 33.1 Å². The molecule has 0 atom stereocenters. The number of aliphatic hydroxyl groups is 1. The molecule has 0 fully saturated rings. The summed E-state index contributed by atoms with van der Waals surface area (Å²) in [5.41, 5.74) is 1.81. The van der Waals surface area contributed by atoms with Crippen LogP contribution in [0.25, 0.3) is 0 Å². The summed E-state index contributed by atoms with van der Waals surface area (Å²) in [6, 6.07) is 2.00. The quantitative estimate of drug-likeness (QED) is 0.765. The number of rotatable bonds is 1. The van der Waals surface area contributed by atoms with Gasteiger partial charge in [-0.1, -0.05) is 0 Å². The molecule has 54 valence electrons. The summed E-state index contributed by atoms with van der Waals surface area (Å²) in [4.78, 5) is 4.04. The van der Waals surface area contributed by atoms with Gasteiger partial charge in [-0.25, -0.2) is 0 Å². The second-order valence-corrected chi connectivity index (χ2v) is 3.32. The Balaban J connectivity index is 3.07. The highest BCUT2D eigenvalue weighted by Gasteiger charge is 1.96. The summed E-state index contributed by atoms with van der Waals surface area (Å²) in [5.74, 6) is 0. The van der Waals surface area contributed by atoms with Gasteiger partial charge in [0.2, 0.25) is 0 Å². The van der Waals surface area contributed by atoms with E-state index in [-0.39, 0.29) is 6.61 Å². The van der Waals surface area contributed by atoms with Crippen molar-refractivity contribution < 1.29 is 5.11 Å². The number of aryl methyl sites for hydroxylation is 1. The minimum absolute atomic E-state index is 0.0305. The molecule has 1 heterocycles. The first-order chi connectivity index (χ1) is 4.74. The minimum atomic E-state index is 0.0305. The third kappa shape index (κ3) is 1.67. The van der Waals surface area contributed by atoms with Gasteiger partial charge < -0.3 is 5.11 Å². The maximum absolute atomic E-state index is 8.74. The van der Waals surface area contributed by atoms with Crippen molar-refractivity contribution in [1.82, 2.24) is 4.98 Å². The molecular weight excluding hydrogens is 241 g/mol. The second kappa shape index (κ2) is 3.30. The predicted octanol–water partition coefficient (Wildman–Crippen LogP) is 1.49. The number of hydrogen-bond acceptors (Lipinski definition) is 2. The number of hydrogen-bond donors (Lipinski definition) is 1. The van der Waals surface area contributed by atoms with Gasteiger partial charge in [0.1, 0.15) is 0 Å². The summed E-state index contributed by atoms with van der Waals surface area (Å²) in [5, 5.41) is 8.74. The van der Waals surface area contributed by atoms with Crippen molar-refractivity contribution in [1.29, 1.82) is 0 Å². The third-order valence-electron chi connectivity index (χ3n) is 1.30. The standard InChI is InChI=1S/C7H8INO/c1-5-2-6(8)3-9-7(5)4-10/h2-3,10H,4H2,1H3. The summed E-state index contributed by atoms with van der Waals surface area (Å²) >= 11 is 2.19. The fourth-order valence-corrected chi connectivity index (χ4v) is 1.34. The molecule has 0 radical (unpaired) electrons. The number of aliphatic hydroxyl groups excluding tert-OH is 1. The van der Waals surface area contributed by atoms with Crippen LogP contribution in [0, 0.1) is 10.5 Å². The van der Waals surface area contributed by atoms with Crippen molar-refractivity contribution in [3.8, 4) is 0 Å². The molecule has 0 aliphatic rings. The van der Waals surface area contributed by atoms with Gasteiger partial charge in [0.25, 0.3) is 0 Å². The maximum atomic E-state index is 8.74. The van der Waals surface area contributed by atoms with Crippen LogP contribution in [-0.4, -0.2) is 10.1 Å². The van der Waals surface area contributed by atoms with Gasteiger partial charge in [0.15, 0.2) is 0 Å². The van der Waals surface area contributed by atoms with Gasteiger partial charge >= 0.3 is 0 Å². The van der Waals surface area contributed by atoms with E-state index in [1.807, 2.05) is 13.0 Å². The molecular formula is C7H8INO. The molecule has 0 amide bonds. The molecule has 0 aliphatic carbocycles. The lowest BCUT2D eigenvalue weighted by molar-refractivity contribution is 0.276. The minimum Gasteiger partial charge on any atom is -0.390 e. The number of halogens is 1. The van der Waals surface area contributed by atoms with Crippen molar-refractivity contribution in [2.75, 3.05) is 0 Å². The summed E-state index contributed by atoms with van der Waals surface area (Å²) in [7, 11) is 0. The lowest BCUT2D eigenvalue weighted by Crippen LogP contribution is -1.93. The predicted molar refractivity (Wildman–Crippen MR) is 47.6 cm³/mol. The van der Waals surface area contributed by atoms with Gasteiger partial charge in [-0.15, -0.1) is 0 Å². The smallest absolute Gasteiger partial charge is 0.0855 e. The Labute approximate surface area is 73.4 Å². The van der Waals surface area contributed by atoms with Crippen molar-refractivity contribution in [3.63, 3.8) is 0 Å². The van der Waals surface area contributed by atoms with E-state index in [9.17, 15) is 0 Å². The van der Waals surface area contributed by atoms with Gasteiger partial charge in [0, 0.05) is 9.77 Å². The van der Waals surface area contributed by atoms with E-state index in [2.05, 4.69) is 27.6 Å². The lowest BCUT2D eigenvalue weighted by Gasteiger charge is -1.99. The van der Waals surface area contributed by atoms with Crippen LogP contribution in [-0.2, 0) is 6.61 Å². The first-order valence-corrected chi connectivity index (χ1v) is 4.04. The van der Waals surface area contributed by atoms with Crippen LogP contribution < -0.4 is 0 Å². The normalized spacial score (nSPS) is 9.90. The number of aromatic nitrogens is 1. The van der Waals surface area contributed by atoms with E-state index in [0.717, 1.165) is 14.8 Å². The lowest BCUT2D eigenvalue weighted by atomic mass is 10.2. The van der Waals surface area contributed by atoms with E-state index in [1.54, 1.807) is 6.20 Å². The Morgan fingerprint density at radius 2 is 2.40 bits per heavy atom. The molecule has 0 aromatic carbocycles. The Bertz CT molecular complexity index is 237. The average molecular weight is 249 g/mol. The van der Waals surface area contributed by atoms with Gasteiger partial charge in [-0.2, -0.15) is 0 Å². The van der Waals surface area contributed by atoms with E-state index in [4.69, 9.17) is 5.11 Å². The molecule has 1 aromatic rings. The summed E-state index contributed by atoms with van der Waals surface area (Å²) in [6.07, 6.45) is 1.75. The van der Waals surface area contributed by atoms with Crippen LogP contribution in [0.3, 0.4) is 0 Å². The van der Waals surface area contributed by atoms with Crippen molar-refractivity contribution in [2.45, 2.75) is 13.5 Å². The largest absolute Gasteiger partial charge is 0.390 e. The van der Waals surface area contributed by atoms with E-state index in [1.165, 1.54) is 0 Å². The Morgan fingerprint density at radius 1 is 1.70 bits per heavy atom. The molecule has 0 aliphatic heterocycles. The molecule has 0 spiro atoms. The SMILES string of the molecule is Cc1cc(I)cnc1CO. The molecule has 2 nitrogen and oxygen atoms in total. The first-order valence-electron chi connectivity index (χ1n) is 2.96. The Hall–Kier alpha value is -0.160. The number of nitrogens with zero attached hydrogens (tertiary/aromatic N) is 1. The zero-order chi connectivity index (χ0) is 7.56. The molecule has 0 bridgehead atoms. The molecule has 0 unspecified atom stereocenters. The molecule has 0 saturated heterocycles. The third-order valence-corrected chi connectivity index (χ3v) is 1.89. The van der Waals surface area contributed by atoms with Crippen LogP contribution in [0.4, 0.5) is 0 Å². The molecule has 3 heteroatoms. The number of pyridine rings is 1. The van der Waals surface area contributed by atoms with E-state index < -0.39 is 0 Å². The van der Waals surface area contributed by atoms with Gasteiger partial charge in [-0.05, 0) is 41.1 Å². The monoisotopic (exact) mass is 249 g/mol. The highest BCUT2D eigenvalue weighted by atomic mass is 127. The Kier molecular flexibility index (Phi) is 2.62. The van der Waals surface area contributed by atoms with Gasteiger partial charge in [-0.3, -0.25) is 4.98 Å². The first kappa shape index (κ1) is 7.94. The van der Waals surface area contributed by atoms with Crippen LogP contribution in [0.5, 0.6) is 0 Å². The van der Waals surface area contributed by atoms with Crippen LogP contribution in [0.2, 0.25) is 0 Å². The van der Waals surface area contributed by atoms with Crippen LogP contribution >= 0.6 is 22.6 Å². The second-order valence-electron chi connectivity index (χ2n) is 2.08. The van der Waals surface area contributed by atoms with E-state index in [0.29, 0.717) is 0 Å². The summed E-state index contributed by atoms with van der Waals surface area (Å²) < 4.78 is 1.10. The zero-order valence-corrected chi connectivity index (χ0v) is 7.79. The van der Waals surface area contributed by atoms with Crippen LogP contribution in [0.15, 0.2) is 12.3 Å². The van der Waals surface area contributed by atoms with Crippen molar-refractivity contribution in [3.05, 3.63) is 27.1 Å². The van der Waals surface area contributed by atoms with Crippen LogP contribution in [0.1, 0.15) is 11.3 Å².